The molecule has 21 heavy (non-hydrogen) atoms. The summed E-state index contributed by atoms with van der Waals surface area (Å²) in [5.74, 6) is 1.23. The van der Waals surface area contributed by atoms with Gasteiger partial charge in [-0.1, -0.05) is 6.07 Å². The molecular formula is C15H20O5S. The molecule has 5 nitrogen and oxygen atoms in total. The van der Waals surface area contributed by atoms with Crippen LogP contribution in [0.1, 0.15) is 31.2 Å². The molecule has 1 aliphatic heterocycles. The van der Waals surface area contributed by atoms with E-state index in [4.69, 9.17) is 9.47 Å². The van der Waals surface area contributed by atoms with E-state index >= 15 is 0 Å². The molecule has 0 bridgehead atoms. The monoisotopic (exact) mass is 312 g/mol. The Morgan fingerprint density at radius 3 is 2.62 bits per heavy atom. The van der Waals surface area contributed by atoms with E-state index in [1.807, 2.05) is 0 Å². The van der Waals surface area contributed by atoms with Crippen LogP contribution in [0.2, 0.25) is 0 Å². The maximum atomic E-state index is 12.0. The topological polar surface area (TPSA) is 72.8 Å². The summed E-state index contributed by atoms with van der Waals surface area (Å²) in [6.45, 7) is 1.16. The molecular weight excluding hydrogens is 292 g/mol. The lowest BCUT2D eigenvalue weighted by Gasteiger charge is -2.30. The third-order valence-electron chi connectivity index (χ3n) is 4.32. The van der Waals surface area contributed by atoms with Crippen molar-refractivity contribution in [2.45, 2.75) is 36.5 Å². The fourth-order valence-electron chi connectivity index (χ4n) is 3.29. The fourth-order valence-corrected chi connectivity index (χ4v) is 4.84. The second kappa shape index (κ2) is 5.18. The Morgan fingerprint density at radius 1 is 1.19 bits per heavy atom. The van der Waals surface area contributed by atoms with Crippen LogP contribution in [-0.2, 0) is 15.4 Å². The van der Waals surface area contributed by atoms with E-state index in [0.29, 0.717) is 49.5 Å². The van der Waals surface area contributed by atoms with Crippen LogP contribution in [0, 0.1) is 0 Å². The van der Waals surface area contributed by atoms with Crippen LogP contribution in [0.4, 0.5) is 0 Å². The number of aliphatic hydroxyl groups is 1. The molecule has 0 spiro atoms. The number of fused-ring (bicyclic) bond motifs is 1. The lowest BCUT2D eigenvalue weighted by atomic mass is 9.91. The van der Waals surface area contributed by atoms with Crippen LogP contribution in [0.3, 0.4) is 0 Å². The molecule has 1 heterocycles. The zero-order valence-electron chi connectivity index (χ0n) is 12.0. The van der Waals surface area contributed by atoms with E-state index in [-0.39, 0.29) is 0 Å². The van der Waals surface area contributed by atoms with E-state index in [9.17, 15) is 13.5 Å². The minimum atomic E-state index is -3.31. The van der Waals surface area contributed by atoms with Crippen LogP contribution < -0.4 is 9.47 Å². The van der Waals surface area contributed by atoms with Gasteiger partial charge in [-0.05, 0) is 37.0 Å². The normalized spacial score (nSPS) is 29.1. The maximum absolute atomic E-state index is 12.0. The molecule has 116 valence electrons. The lowest BCUT2D eigenvalue weighted by molar-refractivity contribution is 0.0474. The van der Waals surface area contributed by atoms with Crippen molar-refractivity contribution in [1.29, 1.82) is 0 Å². The quantitative estimate of drug-likeness (QED) is 0.898. The van der Waals surface area contributed by atoms with Crippen LogP contribution in [0.25, 0.3) is 0 Å². The number of rotatable bonds is 2. The summed E-state index contributed by atoms with van der Waals surface area (Å²) in [7, 11) is -3.31. The summed E-state index contributed by atoms with van der Waals surface area (Å²) in [5, 5.41) is 10.2. The molecule has 1 N–H and O–H groups in total. The summed E-state index contributed by atoms with van der Waals surface area (Å²) in [5.41, 5.74) is -0.738. The predicted molar refractivity (Wildman–Crippen MR) is 78.4 cm³/mol. The van der Waals surface area contributed by atoms with Gasteiger partial charge >= 0.3 is 0 Å². The van der Waals surface area contributed by atoms with Gasteiger partial charge in [-0.15, -0.1) is 0 Å². The number of hydrogen-bond acceptors (Lipinski definition) is 5. The number of ether oxygens (including phenoxy) is 2. The standard InChI is InChI=1S/C15H20O5S/c1-21(17,18)14-4-2-7-15(14,16)11-5-6-12-13(10-11)20-9-3-8-19-12/h5-6,10,14,16H,2-4,7-9H2,1H3. The average molecular weight is 312 g/mol. The molecule has 1 fully saturated rings. The van der Waals surface area contributed by atoms with Crippen molar-refractivity contribution in [3.63, 3.8) is 0 Å². The van der Waals surface area contributed by atoms with Crippen molar-refractivity contribution >= 4 is 9.84 Å². The third kappa shape index (κ3) is 2.62. The minimum absolute atomic E-state index is 0.449. The SMILES string of the molecule is CS(=O)(=O)C1CCCC1(O)c1ccc2c(c1)OCCCO2. The van der Waals surface area contributed by atoms with Gasteiger partial charge in [0.05, 0.1) is 18.5 Å². The van der Waals surface area contributed by atoms with Gasteiger partial charge < -0.3 is 14.6 Å². The van der Waals surface area contributed by atoms with E-state index in [1.54, 1.807) is 18.2 Å². The van der Waals surface area contributed by atoms with Crippen LogP contribution in [0.5, 0.6) is 11.5 Å². The highest BCUT2D eigenvalue weighted by molar-refractivity contribution is 7.91. The van der Waals surface area contributed by atoms with Gasteiger partial charge in [0.15, 0.2) is 21.3 Å². The molecule has 0 radical (unpaired) electrons. The molecule has 1 aromatic rings. The van der Waals surface area contributed by atoms with Crippen molar-refractivity contribution in [2.24, 2.45) is 0 Å². The first-order valence-corrected chi connectivity index (χ1v) is 9.18. The Morgan fingerprint density at radius 2 is 1.90 bits per heavy atom. The first kappa shape index (κ1) is 14.7. The molecule has 0 saturated heterocycles. The zero-order valence-corrected chi connectivity index (χ0v) is 12.9. The van der Waals surface area contributed by atoms with E-state index in [2.05, 4.69) is 0 Å². The highest BCUT2D eigenvalue weighted by Crippen LogP contribution is 2.44. The summed E-state index contributed by atoms with van der Waals surface area (Å²) in [4.78, 5) is 0. The Bertz CT molecular complexity index is 639. The van der Waals surface area contributed by atoms with Crippen molar-refractivity contribution in [3.05, 3.63) is 23.8 Å². The fraction of sp³-hybridized carbons (Fsp3) is 0.600. The summed E-state index contributed by atoms with van der Waals surface area (Å²) in [6.07, 6.45) is 3.63. The summed E-state index contributed by atoms with van der Waals surface area (Å²) < 4.78 is 35.1. The second-order valence-electron chi connectivity index (χ2n) is 5.85. The number of hydrogen-bond donors (Lipinski definition) is 1. The molecule has 1 aliphatic carbocycles. The molecule has 2 aliphatic rings. The van der Waals surface area contributed by atoms with Gasteiger partial charge in [0, 0.05) is 12.7 Å². The highest BCUT2D eigenvalue weighted by atomic mass is 32.2. The third-order valence-corrected chi connectivity index (χ3v) is 5.98. The van der Waals surface area contributed by atoms with Crippen LogP contribution >= 0.6 is 0 Å². The smallest absolute Gasteiger partial charge is 0.161 e. The first-order valence-electron chi connectivity index (χ1n) is 7.22. The number of benzene rings is 1. The lowest BCUT2D eigenvalue weighted by Crippen LogP contribution is -2.39. The van der Waals surface area contributed by atoms with Crippen molar-refractivity contribution in [1.82, 2.24) is 0 Å². The van der Waals surface area contributed by atoms with Gasteiger partial charge in [0.1, 0.15) is 5.60 Å². The Kier molecular flexibility index (Phi) is 3.61. The van der Waals surface area contributed by atoms with Crippen LogP contribution in [0.15, 0.2) is 18.2 Å². The van der Waals surface area contributed by atoms with E-state index < -0.39 is 20.7 Å². The van der Waals surface area contributed by atoms with E-state index in [1.165, 1.54) is 6.26 Å². The second-order valence-corrected chi connectivity index (χ2v) is 8.07. The molecule has 1 saturated carbocycles. The molecule has 0 aromatic heterocycles. The van der Waals surface area contributed by atoms with E-state index in [0.717, 1.165) is 6.42 Å². The maximum Gasteiger partial charge on any atom is 0.161 e. The predicted octanol–water partition coefficient (Wildman–Crippen LogP) is 1.63. The molecule has 0 amide bonds. The summed E-state index contributed by atoms with van der Waals surface area (Å²) >= 11 is 0. The largest absolute Gasteiger partial charge is 0.490 e. The zero-order chi connectivity index (χ0) is 15.1. The van der Waals surface area contributed by atoms with Gasteiger partial charge in [0.25, 0.3) is 0 Å². The Balaban J connectivity index is 2.01. The van der Waals surface area contributed by atoms with Crippen molar-refractivity contribution in [3.8, 4) is 11.5 Å². The van der Waals surface area contributed by atoms with Gasteiger partial charge in [0.2, 0.25) is 0 Å². The van der Waals surface area contributed by atoms with Crippen molar-refractivity contribution < 1.29 is 23.0 Å². The molecule has 3 rings (SSSR count). The van der Waals surface area contributed by atoms with Crippen molar-refractivity contribution in [2.75, 3.05) is 19.5 Å². The first-order chi connectivity index (χ1) is 9.91. The Labute approximate surface area is 124 Å². The molecule has 2 unspecified atom stereocenters. The number of sulfone groups is 1. The summed E-state index contributed by atoms with van der Waals surface area (Å²) in [6, 6.07) is 5.23. The Hall–Kier alpha value is -1.27. The van der Waals surface area contributed by atoms with Gasteiger partial charge in [-0.25, -0.2) is 8.42 Å². The highest BCUT2D eigenvalue weighted by Gasteiger charge is 2.48. The average Bonchev–Trinajstić information content (AvgIpc) is 2.69. The minimum Gasteiger partial charge on any atom is -0.490 e. The molecule has 6 heteroatoms. The molecule has 2 atom stereocenters. The van der Waals surface area contributed by atoms with Gasteiger partial charge in [-0.3, -0.25) is 0 Å². The molecule has 1 aromatic carbocycles. The van der Waals surface area contributed by atoms with Gasteiger partial charge in [-0.2, -0.15) is 0 Å². The van der Waals surface area contributed by atoms with Crippen LogP contribution in [-0.4, -0.2) is 38.2 Å².